The molecule has 2 aromatic carbocycles. The molecule has 4 heteroatoms. The molecule has 4 rings (SSSR count). The number of aromatic amines is 1. The van der Waals surface area contributed by atoms with Gasteiger partial charge in [-0.3, -0.25) is 5.10 Å². The summed E-state index contributed by atoms with van der Waals surface area (Å²) in [7, 11) is 0. The molecule has 0 amide bonds. The second-order valence-electron chi connectivity index (χ2n) is 5.92. The summed E-state index contributed by atoms with van der Waals surface area (Å²) >= 11 is 0. The first kappa shape index (κ1) is 13.0. The molecule has 4 nitrogen and oxygen atoms in total. The summed E-state index contributed by atoms with van der Waals surface area (Å²) in [6.45, 7) is 4.44. The van der Waals surface area contributed by atoms with Crippen molar-refractivity contribution < 1.29 is 0 Å². The molecule has 0 unspecified atom stereocenters. The van der Waals surface area contributed by atoms with Gasteiger partial charge in [-0.05, 0) is 32.0 Å². The van der Waals surface area contributed by atoms with E-state index in [9.17, 15) is 0 Å². The van der Waals surface area contributed by atoms with Crippen LogP contribution in [0.5, 0.6) is 0 Å². The molecular formula is C18H18N4. The van der Waals surface area contributed by atoms with Crippen LogP contribution in [0.3, 0.4) is 0 Å². The first-order valence-electron chi connectivity index (χ1n) is 7.49. The molecule has 3 N–H and O–H groups in total. The third-order valence-electron chi connectivity index (χ3n) is 4.13. The average Bonchev–Trinajstić information content (AvgIpc) is 3.08. The molecule has 0 bridgehead atoms. The molecule has 110 valence electrons. The van der Waals surface area contributed by atoms with Crippen molar-refractivity contribution >= 4 is 27.6 Å². The molecular weight excluding hydrogens is 272 g/mol. The summed E-state index contributed by atoms with van der Waals surface area (Å²) in [5.74, 6) is 0.514. The van der Waals surface area contributed by atoms with Crippen LogP contribution in [0.2, 0.25) is 0 Å². The van der Waals surface area contributed by atoms with Crippen molar-refractivity contribution in [2.24, 2.45) is 0 Å². The zero-order chi connectivity index (χ0) is 15.3. The minimum atomic E-state index is 0.413. The number of aromatic nitrogens is 3. The molecule has 0 spiro atoms. The molecule has 0 saturated heterocycles. The summed E-state index contributed by atoms with van der Waals surface area (Å²) in [5.41, 5.74) is 10.3. The van der Waals surface area contributed by atoms with E-state index < -0.39 is 0 Å². The highest BCUT2D eigenvalue weighted by atomic mass is 15.2. The van der Waals surface area contributed by atoms with E-state index in [1.165, 1.54) is 21.8 Å². The Balaban J connectivity index is 2.06. The van der Waals surface area contributed by atoms with Gasteiger partial charge in [0.05, 0.1) is 5.69 Å². The lowest BCUT2D eigenvalue weighted by molar-refractivity contribution is 0.642. The average molecular weight is 290 g/mol. The normalized spacial score (nSPS) is 11.8. The van der Waals surface area contributed by atoms with Crippen LogP contribution >= 0.6 is 0 Å². The van der Waals surface area contributed by atoms with Crippen LogP contribution in [0.25, 0.3) is 33.1 Å². The van der Waals surface area contributed by atoms with Gasteiger partial charge in [-0.15, -0.1) is 0 Å². The first-order chi connectivity index (χ1) is 10.6. The molecule has 0 radical (unpaired) electrons. The Morgan fingerprint density at radius 2 is 1.77 bits per heavy atom. The number of nitrogens with zero attached hydrogens (tertiary/aromatic N) is 2. The molecule has 0 aliphatic carbocycles. The maximum Gasteiger partial charge on any atom is 0.145 e. The Hall–Kier alpha value is -2.75. The lowest BCUT2D eigenvalue weighted by Crippen LogP contribution is -1.99. The van der Waals surface area contributed by atoms with E-state index >= 15 is 0 Å². The van der Waals surface area contributed by atoms with Crippen LogP contribution < -0.4 is 5.73 Å². The molecule has 0 atom stereocenters. The fourth-order valence-electron chi connectivity index (χ4n) is 3.21. The Morgan fingerprint density at radius 1 is 1.00 bits per heavy atom. The van der Waals surface area contributed by atoms with E-state index in [0.29, 0.717) is 11.9 Å². The second kappa shape index (κ2) is 4.63. The van der Waals surface area contributed by atoms with E-state index in [-0.39, 0.29) is 0 Å². The zero-order valence-corrected chi connectivity index (χ0v) is 12.7. The minimum absolute atomic E-state index is 0.413. The Morgan fingerprint density at radius 3 is 2.50 bits per heavy atom. The molecule has 0 fully saturated rings. The van der Waals surface area contributed by atoms with Gasteiger partial charge >= 0.3 is 0 Å². The molecule has 2 aromatic heterocycles. The van der Waals surface area contributed by atoms with E-state index in [4.69, 9.17) is 5.73 Å². The number of H-pyrrole nitrogens is 1. The van der Waals surface area contributed by atoms with Crippen LogP contribution in [0.1, 0.15) is 19.9 Å². The van der Waals surface area contributed by atoms with Gasteiger partial charge in [-0.1, -0.05) is 24.3 Å². The third kappa shape index (κ3) is 1.80. The summed E-state index contributed by atoms with van der Waals surface area (Å²) in [6, 6.07) is 17.3. The third-order valence-corrected chi connectivity index (χ3v) is 4.13. The number of para-hydroxylation sites is 1. The molecule has 0 aliphatic heterocycles. The summed E-state index contributed by atoms with van der Waals surface area (Å²) in [5, 5.41) is 9.54. The van der Waals surface area contributed by atoms with Gasteiger partial charge in [0.1, 0.15) is 5.82 Å². The number of benzene rings is 2. The summed E-state index contributed by atoms with van der Waals surface area (Å²) in [4.78, 5) is 0. The number of nitrogen functional groups attached to an aromatic ring is 1. The van der Waals surface area contributed by atoms with Crippen molar-refractivity contribution in [2.75, 3.05) is 5.73 Å². The van der Waals surface area contributed by atoms with E-state index in [1.807, 2.05) is 6.07 Å². The number of anilines is 1. The number of rotatable bonds is 2. The Labute approximate surface area is 128 Å². The van der Waals surface area contributed by atoms with Gasteiger partial charge < -0.3 is 10.3 Å². The van der Waals surface area contributed by atoms with Gasteiger partial charge in [0.15, 0.2) is 0 Å². The fourth-order valence-corrected chi connectivity index (χ4v) is 3.21. The maximum absolute atomic E-state index is 5.72. The quantitative estimate of drug-likeness (QED) is 0.576. The predicted octanol–water partition coefficient (Wildman–Crippen LogP) is 4.35. The lowest BCUT2D eigenvalue weighted by atomic mass is 10.1. The smallest absolute Gasteiger partial charge is 0.145 e. The van der Waals surface area contributed by atoms with Crippen LogP contribution in [0.4, 0.5) is 5.82 Å². The predicted molar refractivity (Wildman–Crippen MR) is 91.8 cm³/mol. The van der Waals surface area contributed by atoms with Gasteiger partial charge in [-0.25, -0.2) is 0 Å². The van der Waals surface area contributed by atoms with Crippen molar-refractivity contribution in [3.63, 3.8) is 0 Å². The SMILES string of the molecule is CC(C)n1c2ccccc2c2cc(-c3cc(N)n[nH]3)ccc21. The van der Waals surface area contributed by atoms with E-state index in [2.05, 4.69) is 71.1 Å². The number of hydrogen-bond donors (Lipinski definition) is 2. The largest absolute Gasteiger partial charge is 0.382 e. The lowest BCUT2D eigenvalue weighted by Gasteiger charge is -2.11. The van der Waals surface area contributed by atoms with Crippen molar-refractivity contribution in [3.8, 4) is 11.3 Å². The van der Waals surface area contributed by atoms with Gasteiger partial charge in [0.25, 0.3) is 0 Å². The maximum atomic E-state index is 5.72. The number of fused-ring (bicyclic) bond motifs is 3. The fraction of sp³-hybridized carbons (Fsp3) is 0.167. The van der Waals surface area contributed by atoms with E-state index in [0.717, 1.165) is 11.3 Å². The standard InChI is InChI=1S/C18H18N4/c1-11(2)22-16-6-4-3-5-13(16)14-9-12(7-8-17(14)22)15-10-18(19)21-20-15/h3-11H,1-2H3,(H3,19,20,21). The molecule has 4 aromatic rings. The van der Waals surface area contributed by atoms with Crippen molar-refractivity contribution in [2.45, 2.75) is 19.9 Å². The first-order valence-corrected chi connectivity index (χ1v) is 7.49. The van der Waals surface area contributed by atoms with Crippen molar-refractivity contribution in [3.05, 3.63) is 48.5 Å². The molecule has 0 saturated carbocycles. The number of nitrogens with one attached hydrogen (secondary N) is 1. The Bertz CT molecular complexity index is 975. The molecule has 22 heavy (non-hydrogen) atoms. The number of nitrogens with two attached hydrogens (primary N) is 1. The topological polar surface area (TPSA) is 59.6 Å². The van der Waals surface area contributed by atoms with Crippen LogP contribution in [-0.2, 0) is 0 Å². The molecule has 2 heterocycles. The van der Waals surface area contributed by atoms with Crippen molar-refractivity contribution in [1.82, 2.24) is 14.8 Å². The zero-order valence-electron chi connectivity index (χ0n) is 12.7. The van der Waals surface area contributed by atoms with E-state index in [1.54, 1.807) is 0 Å². The van der Waals surface area contributed by atoms with Crippen molar-refractivity contribution in [1.29, 1.82) is 0 Å². The van der Waals surface area contributed by atoms with Crippen LogP contribution in [0, 0.1) is 0 Å². The van der Waals surface area contributed by atoms with Gasteiger partial charge in [0.2, 0.25) is 0 Å². The summed E-state index contributed by atoms with van der Waals surface area (Å²) < 4.78 is 2.38. The minimum Gasteiger partial charge on any atom is -0.382 e. The van der Waals surface area contributed by atoms with Crippen LogP contribution in [0.15, 0.2) is 48.5 Å². The highest BCUT2D eigenvalue weighted by molar-refractivity contribution is 6.09. The van der Waals surface area contributed by atoms with Gasteiger partial charge in [0, 0.05) is 39.5 Å². The van der Waals surface area contributed by atoms with Crippen LogP contribution in [-0.4, -0.2) is 14.8 Å². The highest BCUT2D eigenvalue weighted by Crippen LogP contribution is 2.34. The molecule has 0 aliphatic rings. The second-order valence-corrected chi connectivity index (χ2v) is 5.92. The number of hydrogen-bond acceptors (Lipinski definition) is 2. The highest BCUT2D eigenvalue weighted by Gasteiger charge is 2.13. The monoisotopic (exact) mass is 290 g/mol. The Kier molecular flexibility index (Phi) is 2.73. The summed E-state index contributed by atoms with van der Waals surface area (Å²) in [6.07, 6.45) is 0. The van der Waals surface area contributed by atoms with Gasteiger partial charge in [-0.2, -0.15) is 5.10 Å².